The van der Waals surface area contributed by atoms with E-state index in [-0.39, 0.29) is 16.4 Å². The third-order valence-corrected chi connectivity index (χ3v) is 3.13. The number of carbonyl (C=O) groups excluding carboxylic acids is 1. The van der Waals surface area contributed by atoms with Gasteiger partial charge in [0.15, 0.2) is 5.78 Å². The quantitative estimate of drug-likeness (QED) is 0.864. The minimum atomic E-state index is -1.07. The van der Waals surface area contributed by atoms with Crippen LogP contribution in [0.2, 0.25) is 5.02 Å². The lowest BCUT2D eigenvalue weighted by Crippen LogP contribution is -1.98. The van der Waals surface area contributed by atoms with Crippen LogP contribution >= 0.6 is 11.6 Å². The van der Waals surface area contributed by atoms with Crippen molar-refractivity contribution in [3.8, 4) is 11.1 Å². The molecule has 2 aromatic rings. The van der Waals surface area contributed by atoms with E-state index >= 15 is 0 Å². The molecule has 0 atom stereocenters. The molecule has 0 bridgehead atoms. The minimum absolute atomic E-state index is 0.0331. The molecule has 0 radical (unpaired) electrons. The van der Waals surface area contributed by atoms with Gasteiger partial charge in [0.2, 0.25) is 0 Å². The van der Waals surface area contributed by atoms with E-state index in [1.165, 1.54) is 13.0 Å². The lowest BCUT2D eigenvalue weighted by molar-refractivity contribution is 0.0697. The average Bonchev–Trinajstić information content (AvgIpc) is 2.39. The van der Waals surface area contributed by atoms with E-state index in [0.717, 1.165) is 5.56 Å². The molecule has 0 amide bonds. The number of rotatable bonds is 3. The van der Waals surface area contributed by atoms with Crippen molar-refractivity contribution < 1.29 is 14.7 Å². The number of hydrogen-bond acceptors (Lipinski definition) is 2. The maximum absolute atomic E-state index is 11.3. The number of ketones is 1. The first-order chi connectivity index (χ1) is 8.99. The lowest BCUT2D eigenvalue weighted by atomic mass is 10.00. The first kappa shape index (κ1) is 13.3. The van der Waals surface area contributed by atoms with Crippen LogP contribution in [0.5, 0.6) is 0 Å². The molecule has 1 N–H and O–H groups in total. The van der Waals surface area contributed by atoms with Crippen molar-refractivity contribution in [1.29, 1.82) is 0 Å². The van der Waals surface area contributed by atoms with Gasteiger partial charge in [-0.15, -0.1) is 0 Å². The van der Waals surface area contributed by atoms with Crippen LogP contribution in [0.25, 0.3) is 11.1 Å². The first-order valence-electron chi connectivity index (χ1n) is 5.63. The topological polar surface area (TPSA) is 54.4 Å². The number of Topliss-reactive ketones (excluding diaryl/α,β-unsaturated/α-hetero) is 1. The van der Waals surface area contributed by atoms with E-state index in [9.17, 15) is 9.59 Å². The fourth-order valence-electron chi connectivity index (χ4n) is 1.79. The van der Waals surface area contributed by atoms with E-state index in [0.29, 0.717) is 11.1 Å². The van der Waals surface area contributed by atoms with E-state index in [1.54, 1.807) is 30.3 Å². The molecule has 0 fully saturated rings. The van der Waals surface area contributed by atoms with Crippen molar-refractivity contribution in [2.45, 2.75) is 6.92 Å². The van der Waals surface area contributed by atoms with Crippen LogP contribution in [0.15, 0.2) is 42.5 Å². The highest BCUT2D eigenvalue weighted by molar-refractivity contribution is 6.33. The Morgan fingerprint density at radius 1 is 1.05 bits per heavy atom. The van der Waals surface area contributed by atoms with Crippen LogP contribution < -0.4 is 0 Å². The molecule has 96 valence electrons. The monoisotopic (exact) mass is 274 g/mol. The van der Waals surface area contributed by atoms with Crippen molar-refractivity contribution in [1.82, 2.24) is 0 Å². The fraction of sp³-hybridized carbons (Fsp3) is 0.0667. The SMILES string of the molecule is CC(=O)c1cccc(-c2ccc(Cl)c(C(=O)O)c2)c1. The highest BCUT2D eigenvalue weighted by atomic mass is 35.5. The standard InChI is InChI=1S/C15H11ClO3/c1-9(17)10-3-2-4-11(7-10)12-5-6-14(16)13(8-12)15(18)19/h2-8H,1H3,(H,18,19). The molecule has 0 aliphatic rings. The van der Waals surface area contributed by atoms with E-state index < -0.39 is 5.97 Å². The summed E-state index contributed by atoms with van der Waals surface area (Å²) in [7, 11) is 0. The molecule has 3 nitrogen and oxygen atoms in total. The summed E-state index contributed by atoms with van der Waals surface area (Å²) in [5.41, 5.74) is 2.13. The normalized spacial score (nSPS) is 10.2. The smallest absolute Gasteiger partial charge is 0.337 e. The van der Waals surface area contributed by atoms with Crippen LogP contribution in [0.1, 0.15) is 27.6 Å². The van der Waals surface area contributed by atoms with E-state index in [2.05, 4.69) is 0 Å². The van der Waals surface area contributed by atoms with Crippen LogP contribution in [0, 0.1) is 0 Å². The molecule has 0 unspecified atom stereocenters. The van der Waals surface area contributed by atoms with Gasteiger partial charge in [-0.2, -0.15) is 0 Å². The number of carbonyl (C=O) groups is 2. The predicted molar refractivity (Wildman–Crippen MR) is 73.9 cm³/mol. The summed E-state index contributed by atoms with van der Waals surface area (Å²) in [6.45, 7) is 1.49. The van der Waals surface area contributed by atoms with Gasteiger partial charge in [-0.3, -0.25) is 4.79 Å². The highest BCUT2D eigenvalue weighted by Crippen LogP contribution is 2.26. The molecule has 0 saturated carbocycles. The molecule has 0 aliphatic carbocycles. The van der Waals surface area contributed by atoms with Crippen LogP contribution in [-0.4, -0.2) is 16.9 Å². The number of carboxylic acid groups (broad SMARTS) is 1. The second-order valence-electron chi connectivity index (χ2n) is 4.14. The maximum atomic E-state index is 11.3. The van der Waals surface area contributed by atoms with Gasteiger partial charge < -0.3 is 5.11 Å². The Morgan fingerprint density at radius 2 is 1.74 bits per heavy atom. The summed E-state index contributed by atoms with van der Waals surface area (Å²) in [5.74, 6) is -1.11. The van der Waals surface area contributed by atoms with Crippen LogP contribution in [-0.2, 0) is 0 Å². The summed E-state index contributed by atoms with van der Waals surface area (Å²) < 4.78 is 0. The summed E-state index contributed by atoms with van der Waals surface area (Å²) in [6, 6.07) is 11.8. The molecular weight excluding hydrogens is 264 g/mol. The second kappa shape index (κ2) is 5.24. The van der Waals surface area contributed by atoms with E-state index in [1.807, 2.05) is 6.07 Å². The first-order valence-corrected chi connectivity index (χ1v) is 6.01. The zero-order chi connectivity index (χ0) is 14.0. The molecule has 0 aromatic heterocycles. The van der Waals surface area contributed by atoms with Gasteiger partial charge >= 0.3 is 5.97 Å². The summed E-state index contributed by atoms with van der Waals surface area (Å²) in [6.07, 6.45) is 0. The average molecular weight is 275 g/mol. The number of halogens is 1. The zero-order valence-corrected chi connectivity index (χ0v) is 10.9. The molecule has 4 heteroatoms. The summed E-state index contributed by atoms with van der Waals surface area (Å²) in [4.78, 5) is 22.4. The van der Waals surface area contributed by atoms with Gasteiger partial charge in [0.05, 0.1) is 10.6 Å². The molecule has 2 rings (SSSR count). The second-order valence-corrected chi connectivity index (χ2v) is 4.54. The predicted octanol–water partition coefficient (Wildman–Crippen LogP) is 3.91. The molecular formula is C15H11ClO3. The Bertz CT molecular complexity index is 662. The van der Waals surface area contributed by atoms with Crippen molar-refractivity contribution in [3.05, 3.63) is 58.6 Å². The largest absolute Gasteiger partial charge is 0.478 e. The number of benzene rings is 2. The van der Waals surface area contributed by atoms with Gasteiger partial charge in [0.25, 0.3) is 0 Å². The molecule has 19 heavy (non-hydrogen) atoms. The Balaban J connectivity index is 2.53. The number of aromatic carboxylic acids is 1. The Kier molecular flexibility index (Phi) is 3.67. The number of hydrogen-bond donors (Lipinski definition) is 1. The summed E-state index contributed by atoms with van der Waals surface area (Å²) >= 11 is 5.83. The minimum Gasteiger partial charge on any atom is -0.478 e. The Hall–Kier alpha value is -2.13. The third-order valence-electron chi connectivity index (χ3n) is 2.80. The van der Waals surface area contributed by atoms with Gasteiger partial charge in [-0.1, -0.05) is 35.9 Å². The van der Waals surface area contributed by atoms with Crippen LogP contribution in [0.4, 0.5) is 0 Å². The fourth-order valence-corrected chi connectivity index (χ4v) is 1.98. The summed E-state index contributed by atoms with van der Waals surface area (Å²) in [5, 5.41) is 9.23. The highest BCUT2D eigenvalue weighted by Gasteiger charge is 2.10. The van der Waals surface area contributed by atoms with Gasteiger partial charge in [0.1, 0.15) is 0 Å². The van der Waals surface area contributed by atoms with E-state index in [4.69, 9.17) is 16.7 Å². The van der Waals surface area contributed by atoms with Gasteiger partial charge in [0, 0.05) is 5.56 Å². The zero-order valence-electron chi connectivity index (χ0n) is 10.2. The lowest BCUT2D eigenvalue weighted by Gasteiger charge is -2.06. The molecule has 0 heterocycles. The Morgan fingerprint density at radius 3 is 2.37 bits per heavy atom. The van der Waals surface area contributed by atoms with Crippen molar-refractivity contribution in [3.63, 3.8) is 0 Å². The molecule has 0 aliphatic heterocycles. The maximum Gasteiger partial charge on any atom is 0.337 e. The van der Waals surface area contributed by atoms with Crippen molar-refractivity contribution >= 4 is 23.4 Å². The van der Waals surface area contributed by atoms with Gasteiger partial charge in [-0.05, 0) is 36.2 Å². The third kappa shape index (κ3) is 2.83. The molecule has 0 spiro atoms. The number of carboxylic acids is 1. The Labute approximate surface area is 115 Å². The van der Waals surface area contributed by atoms with Crippen molar-refractivity contribution in [2.75, 3.05) is 0 Å². The van der Waals surface area contributed by atoms with Crippen molar-refractivity contribution in [2.24, 2.45) is 0 Å². The van der Waals surface area contributed by atoms with Gasteiger partial charge in [-0.25, -0.2) is 4.79 Å². The van der Waals surface area contributed by atoms with Crippen LogP contribution in [0.3, 0.4) is 0 Å². The molecule has 0 saturated heterocycles. The molecule has 2 aromatic carbocycles.